The minimum absolute atomic E-state index is 0.210. The van der Waals surface area contributed by atoms with Gasteiger partial charge in [-0.05, 0) is 0 Å². The van der Waals surface area contributed by atoms with Crippen molar-refractivity contribution in [3.8, 4) is 0 Å². The maximum absolute atomic E-state index is 12.0. The number of nitrogens with zero attached hydrogens (tertiary/aromatic N) is 2. The molecule has 1 rings (SSSR count). The first kappa shape index (κ1) is 8.69. The Morgan fingerprint density at radius 3 is 2.58 bits per heavy atom. The van der Waals surface area contributed by atoms with E-state index in [1.807, 2.05) is 0 Å². The number of aromatic amines is 1. The van der Waals surface area contributed by atoms with Crippen LogP contribution in [0.2, 0.25) is 0 Å². The third-order valence-corrected chi connectivity index (χ3v) is 1.24. The number of H-pyrrole nitrogens is 1. The quantitative estimate of drug-likeness (QED) is 0.678. The lowest BCUT2D eigenvalue weighted by atomic mass is 10.1. The second-order valence-corrected chi connectivity index (χ2v) is 2.05. The Hall–Kier alpha value is -1.40. The zero-order valence-corrected chi connectivity index (χ0v) is 5.67. The molecule has 0 aliphatic heterocycles. The van der Waals surface area contributed by atoms with Gasteiger partial charge in [0.2, 0.25) is 0 Å². The van der Waals surface area contributed by atoms with Crippen LogP contribution in [0.25, 0.3) is 0 Å². The van der Waals surface area contributed by atoms with Crippen molar-refractivity contribution in [2.45, 2.75) is 12.1 Å². The van der Waals surface area contributed by atoms with E-state index in [9.17, 15) is 18.0 Å². The van der Waals surface area contributed by atoms with Gasteiger partial charge in [-0.25, -0.2) is 0 Å². The van der Waals surface area contributed by atoms with Crippen LogP contribution in [0.4, 0.5) is 13.2 Å². The Kier molecular flexibility index (Phi) is 2.11. The minimum Gasteiger partial charge on any atom is -0.302 e. The Balaban J connectivity index is 2.91. The highest BCUT2D eigenvalue weighted by atomic mass is 19.4. The van der Waals surface area contributed by atoms with Gasteiger partial charge in [-0.1, -0.05) is 5.21 Å². The van der Waals surface area contributed by atoms with E-state index in [0.717, 1.165) is 6.20 Å². The van der Waals surface area contributed by atoms with Gasteiger partial charge in [0.1, 0.15) is 12.0 Å². The molecule has 0 aromatic carbocycles. The van der Waals surface area contributed by atoms with Crippen molar-refractivity contribution in [3.63, 3.8) is 0 Å². The number of rotatable bonds is 2. The number of alkyl halides is 3. The van der Waals surface area contributed by atoms with Gasteiger partial charge in [-0.15, -0.1) is 5.10 Å². The van der Waals surface area contributed by atoms with Crippen LogP contribution in [0, 0.1) is 0 Å². The number of halogens is 3. The molecule has 0 aliphatic rings. The van der Waals surface area contributed by atoms with Crippen LogP contribution in [0.3, 0.4) is 0 Å². The molecule has 0 fully saturated rings. The summed E-state index contributed by atoms with van der Waals surface area (Å²) in [7, 11) is 0. The lowest BCUT2D eigenvalue weighted by Gasteiger charge is -2.10. The fourth-order valence-corrected chi connectivity index (χ4v) is 0.677. The molecule has 0 aliphatic carbocycles. The summed E-state index contributed by atoms with van der Waals surface area (Å²) in [5, 5.41) is 8.26. The smallest absolute Gasteiger partial charge is 0.302 e. The van der Waals surface area contributed by atoms with Gasteiger partial charge in [0.15, 0.2) is 5.92 Å². The van der Waals surface area contributed by atoms with E-state index >= 15 is 0 Å². The number of nitrogens with one attached hydrogen (secondary N) is 1. The molecular weight excluding hydrogens is 175 g/mol. The molecular formula is C5H4F3N3O. The van der Waals surface area contributed by atoms with Gasteiger partial charge in [-0.3, -0.25) is 5.10 Å². The van der Waals surface area contributed by atoms with Gasteiger partial charge >= 0.3 is 6.18 Å². The van der Waals surface area contributed by atoms with Crippen molar-refractivity contribution in [2.24, 2.45) is 0 Å². The molecule has 1 N–H and O–H groups in total. The SMILES string of the molecule is O=CC(c1c[nH]nn1)C(F)(F)F. The molecule has 66 valence electrons. The van der Waals surface area contributed by atoms with Crippen molar-refractivity contribution < 1.29 is 18.0 Å². The van der Waals surface area contributed by atoms with Crippen molar-refractivity contribution in [1.29, 1.82) is 0 Å². The zero-order valence-electron chi connectivity index (χ0n) is 5.67. The average Bonchev–Trinajstić information content (AvgIpc) is 2.38. The molecule has 0 bridgehead atoms. The van der Waals surface area contributed by atoms with Crippen LogP contribution in [-0.4, -0.2) is 27.9 Å². The molecule has 1 aromatic heterocycles. The van der Waals surface area contributed by atoms with E-state index in [-0.39, 0.29) is 6.29 Å². The molecule has 0 amide bonds. The number of carbonyl (C=O) groups is 1. The standard InChI is InChI=1S/C5H4F3N3O/c6-5(7,8)3(2-12)4-1-9-11-10-4/h1-3H,(H,9,10,11). The van der Waals surface area contributed by atoms with Crippen molar-refractivity contribution in [3.05, 3.63) is 11.9 Å². The molecule has 1 unspecified atom stereocenters. The third-order valence-electron chi connectivity index (χ3n) is 1.24. The van der Waals surface area contributed by atoms with Crippen molar-refractivity contribution in [2.75, 3.05) is 0 Å². The maximum Gasteiger partial charge on any atom is 0.403 e. The second-order valence-electron chi connectivity index (χ2n) is 2.05. The number of carbonyl (C=O) groups excluding carboxylic acids is 1. The number of hydrogen-bond donors (Lipinski definition) is 1. The first-order chi connectivity index (χ1) is 5.55. The van der Waals surface area contributed by atoms with Crippen LogP contribution in [0.1, 0.15) is 11.6 Å². The Morgan fingerprint density at radius 1 is 1.58 bits per heavy atom. The summed E-state index contributed by atoms with van der Waals surface area (Å²) in [6.45, 7) is 0. The van der Waals surface area contributed by atoms with Gasteiger partial charge in [0.05, 0.1) is 0 Å². The molecule has 0 radical (unpaired) electrons. The van der Waals surface area contributed by atoms with Gasteiger partial charge in [-0.2, -0.15) is 13.2 Å². The normalized spacial score (nSPS) is 14.2. The Bertz CT molecular complexity index is 255. The lowest BCUT2D eigenvalue weighted by molar-refractivity contribution is -0.156. The summed E-state index contributed by atoms with van der Waals surface area (Å²) in [6.07, 6.45) is -3.87. The summed E-state index contributed by atoms with van der Waals surface area (Å²) in [5.41, 5.74) is -0.419. The molecule has 0 spiro atoms. The molecule has 1 aromatic rings. The van der Waals surface area contributed by atoms with Crippen LogP contribution in [-0.2, 0) is 4.79 Å². The summed E-state index contributed by atoms with van der Waals surface area (Å²) >= 11 is 0. The van der Waals surface area contributed by atoms with Crippen LogP contribution in [0.5, 0.6) is 0 Å². The number of hydrogen-bond acceptors (Lipinski definition) is 3. The number of aromatic nitrogens is 3. The fraction of sp³-hybridized carbons (Fsp3) is 0.400. The fourth-order valence-electron chi connectivity index (χ4n) is 0.677. The van der Waals surface area contributed by atoms with Gasteiger partial charge in [0, 0.05) is 6.20 Å². The van der Waals surface area contributed by atoms with E-state index in [1.165, 1.54) is 0 Å². The zero-order chi connectivity index (χ0) is 9.19. The van der Waals surface area contributed by atoms with Crippen LogP contribution in [0.15, 0.2) is 6.20 Å². The topological polar surface area (TPSA) is 58.6 Å². The van der Waals surface area contributed by atoms with Crippen LogP contribution < -0.4 is 0 Å². The largest absolute Gasteiger partial charge is 0.403 e. The Labute approximate surface area is 64.8 Å². The molecule has 0 saturated carbocycles. The third kappa shape index (κ3) is 1.60. The lowest BCUT2D eigenvalue weighted by Crippen LogP contribution is -2.22. The monoisotopic (exact) mass is 179 g/mol. The average molecular weight is 179 g/mol. The van der Waals surface area contributed by atoms with Gasteiger partial charge in [0.25, 0.3) is 0 Å². The minimum atomic E-state index is -4.60. The molecule has 7 heteroatoms. The molecule has 1 atom stereocenters. The van der Waals surface area contributed by atoms with Crippen LogP contribution >= 0.6 is 0 Å². The second kappa shape index (κ2) is 2.92. The van der Waals surface area contributed by atoms with Crippen molar-refractivity contribution >= 4 is 6.29 Å². The highest BCUT2D eigenvalue weighted by Gasteiger charge is 2.42. The van der Waals surface area contributed by atoms with Gasteiger partial charge < -0.3 is 4.79 Å². The van der Waals surface area contributed by atoms with E-state index in [1.54, 1.807) is 0 Å². The highest BCUT2D eigenvalue weighted by molar-refractivity contribution is 5.61. The summed E-state index contributed by atoms with van der Waals surface area (Å²) in [6, 6.07) is 0. The van der Waals surface area contributed by atoms with Crippen molar-refractivity contribution in [1.82, 2.24) is 15.4 Å². The van der Waals surface area contributed by atoms with E-state index < -0.39 is 17.8 Å². The summed E-state index contributed by atoms with van der Waals surface area (Å²) in [5.74, 6) is -2.18. The molecule has 4 nitrogen and oxygen atoms in total. The van der Waals surface area contributed by atoms with E-state index in [4.69, 9.17) is 0 Å². The predicted molar refractivity (Wildman–Crippen MR) is 31.2 cm³/mol. The summed E-state index contributed by atoms with van der Waals surface area (Å²) < 4.78 is 35.9. The van der Waals surface area contributed by atoms with E-state index in [0.29, 0.717) is 0 Å². The Morgan fingerprint density at radius 2 is 2.25 bits per heavy atom. The molecule has 0 saturated heterocycles. The van der Waals surface area contributed by atoms with E-state index in [2.05, 4.69) is 15.4 Å². The molecule has 12 heavy (non-hydrogen) atoms. The first-order valence-electron chi connectivity index (χ1n) is 2.94. The first-order valence-corrected chi connectivity index (χ1v) is 2.94. The summed E-state index contributed by atoms with van der Waals surface area (Å²) in [4.78, 5) is 10.0. The predicted octanol–water partition coefficient (Wildman–Crippen LogP) is 0.649. The molecule has 1 heterocycles. The highest BCUT2D eigenvalue weighted by Crippen LogP contribution is 2.31. The maximum atomic E-state index is 12.0. The number of aldehydes is 1.